The van der Waals surface area contributed by atoms with Crippen molar-refractivity contribution in [1.29, 1.82) is 0 Å². The number of pyridine rings is 1. The Morgan fingerprint density at radius 2 is 1.77 bits per heavy atom. The molecule has 0 bridgehead atoms. The summed E-state index contributed by atoms with van der Waals surface area (Å²) in [5, 5.41) is 0.411. The van der Waals surface area contributed by atoms with Crippen LogP contribution in [0.2, 0.25) is 30.7 Å². The van der Waals surface area contributed by atoms with E-state index < -0.39 is 29.9 Å². The van der Waals surface area contributed by atoms with Gasteiger partial charge in [-0.2, -0.15) is 0 Å². The van der Waals surface area contributed by atoms with Crippen molar-refractivity contribution in [3.05, 3.63) is 95.5 Å². The van der Waals surface area contributed by atoms with Crippen LogP contribution >= 0.6 is 11.6 Å². The predicted octanol–water partition coefficient (Wildman–Crippen LogP) is 7.30. The summed E-state index contributed by atoms with van der Waals surface area (Å²) in [6.07, 6.45) is 2.94. The molecule has 5 aromatic rings. The van der Waals surface area contributed by atoms with E-state index in [1.54, 1.807) is 47.0 Å². The van der Waals surface area contributed by atoms with E-state index in [4.69, 9.17) is 21.1 Å². The predicted molar refractivity (Wildman–Crippen MR) is 168 cm³/mol. The standard InChI is InChI=1S/C31H31ClFN3O5SSi/c1-40-31(37)25-19-27(35(20-41-17-18-43(2,3)4)29(25)24-11-8-12-26(32)28(24)33)22-13-15-34-30-23(22)14-16-36(30)42(38,39)21-9-6-5-7-10-21/h5-16,19H,17-18,20H2,1-4H3. The third-order valence-electron chi connectivity index (χ3n) is 7.06. The lowest BCUT2D eigenvalue weighted by molar-refractivity contribution is 0.0600. The van der Waals surface area contributed by atoms with Gasteiger partial charge in [0.15, 0.2) is 11.5 Å². The number of ether oxygens (including phenoxy) is 2. The highest BCUT2D eigenvalue weighted by Crippen LogP contribution is 2.39. The molecule has 8 nitrogen and oxygen atoms in total. The molecule has 0 aliphatic carbocycles. The van der Waals surface area contributed by atoms with Crippen LogP contribution in [-0.4, -0.2) is 49.7 Å². The fourth-order valence-corrected chi connectivity index (χ4v) is 7.07. The Labute approximate surface area is 255 Å². The van der Waals surface area contributed by atoms with Crippen molar-refractivity contribution >= 4 is 46.7 Å². The highest BCUT2D eigenvalue weighted by atomic mass is 35.5. The number of esters is 1. The molecule has 3 heterocycles. The lowest BCUT2D eigenvalue weighted by Crippen LogP contribution is -2.22. The first-order valence-electron chi connectivity index (χ1n) is 13.5. The van der Waals surface area contributed by atoms with Crippen LogP contribution in [0, 0.1) is 5.82 Å². The van der Waals surface area contributed by atoms with Crippen LogP contribution in [0.3, 0.4) is 0 Å². The zero-order chi connectivity index (χ0) is 30.9. The summed E-state index contributed by atoms with van der Waals surface area (Å²) >= 11 is 6.16. The van der Waals surface area contributed by atoms with Crippen molar-refractivity contribution in [2.45, 2.75) is 37.3 Å². The lowest BCUT2D eigenvalue weighted by atomic mass is 10.1. The van der Waals surface area contributed by atoms with Gasteiger partial charge in [-0.25, -0.2) is 26.6 Å². The van der Waals surface area contributed by atoms with E-state index in [1.165, 1.54) is 43.8 Å². The maximum atomic E-state index is 15.5. The average molecular weight is 640 g/mol. The van der Waals surface area contributed by atoms with Crippen molar-refractivity contribution in [3.8, 4) is 22.5 Å². The number of aromatic nitrogens is 3. The third kappa shape index (κ3) is 6.03. The number of carbonyl (C=O) groups excluding carboxylic acids is 1. The van der Waals surface area contributed by atoms with Gasteiger partial charge in [0.25, 0.3) is 10.0 Å². The zero-order valence-electron chi connectivity index (χ0n) is 24.2. The smallest absolute Gasteiger partial charge is 0.340 e. The minimum absolute atomic E-state index is 0.00900. The van der Waals surface area contributed by atoms with E-state index in [-0.39, 0.29) is 39.1 Å². The molecule has 224 valence electrons. The summed E-state index contributed by atoms with van der Waals surface area (Å²) < 4.78 is 56.5. The first-order chi connectivity index (χ1) is 20.4. The first kappa shape index (κ1) is 30.7. The number of benzene rings is 2. The molecule has 0 aliphatic rings. The van der Waals surface area contributed by atoms with Crippen LogP contribution in [0.1, 0.15) is 10.4 Å². The van der Waals surface area contributed by atoms with E-state index in [0.29, 0.717) is 23.3 Å². The minimum Gasteiger partial charge on any atom is -0.465 e. The molecular weight excluding hydrogens is 609 g/mol. The van der Waals surface area contributed by atoms with Crippen molar-refractivity contribution in [2.24, 2.45) is 0 Å². The Hall–Kier alpha value is -3.77. The normalized spacial score (nSPS) is 12.1. The number of rotatable bonds is 10. The molecule has 0 saturated heterocycles. The molecule has 43 heavy (non-hydrogen) atoms. The number of nitrogens with zero attached hydrogens (tertiary/aromatic N) is 3. The molecule has 2 aromatic carbocycles. The number of fused-ring (bicyclic) bond motifs is 1. The maximum absolute atomic E-state index is 15.5. The fourth-order valence-electron chi connectivity index (χ4n) is 4.82. The highest BCUT2D eigenvalue weighted by molar-refractivity contribution is 7.90. The molecule has 0 aliphatic heterocycles. The Morgan fingerprint density at radius 1 is 1.02 bits per heavy atom. The van der Waals surface area contributed by atoms with Gasteiger partial charge in [0, 0.05) is 43.6 Å². The van der Waals surface area contributed by atoms with Crippen molar-refractivity contribution < 1.29 is 27.1 Å². The number of hydrogen-bond acceptors (Lipinski definition) is 6. The Kier molecular flexibility index (Phi) is 8.62. The number of carbonyl (C=O) groups is 1. The van der Waals surface area contributed by atoms with Gasteiger partial charge in [0.05, 0.1) is 34.0 Å². The van der Waals surface area contributed by atoms with E-state index in [1.807, 2.05) is 0 Å². The summed E-state index contributed by atoms with van der Waals surface area (Å²) in [7, 11) is -4.12. The van der Waals surface area contributed by atoms with Crippen LogP contribution < -0.4 is 0 Å². The summed E-state index contributed by atoms with van der Waals surface area (Å²) in [5.41, 5.74) is 1.70. The van der Waals surface area contributed by atoms with Gasteiger partial charge in [0.1, 0.15) is 6.73 Å². The number of hydrogen-bond donors (Lipinski definition) is 0. The molecule has 0 fully saturated rings. The maximum Gasteiger partial charge on any atom is 0.340 e. The summed E-state index contributed by atoms with van der Waals surface area (Å²) in [6, 6.07) is 18.5. The molecule has 0 unspecified atom stereocenters. The molecule has 3 aromatic heterocycles. The second-order valence-electron chi connectivity index (χ2n) is 11.2. The summed E-state index contributed by atoms with van der Waals surface area (Å²) in [6.45, 7) is 7.17. The first-order valence-corrected chi connectivity index (χ1v) is 19.1. The van der Waals surface area contributed by atoms with Crippen molar-refractivity contribution in [1.82, 2.24) is 13.5 Å². The molecular formula is C31H31ClFN3O5SSi. The van der Waals surface area contributed by atoms with Gasteiger partial charge in [0.2, 0.25) is 0 Å². The van der Waals surface area contributed by atoms with E-state index in [0.717, 1.165) is 10.0 Å². The van der Waals surface area contributed by atoms with Gasteiger partial charge in [-0.05, 0) is 48.5 Å². The Morgan fingerprint density at radius 3 is 2.47 bits per heavy atom. The third-order valence-corrected chi connectivity index (χ3v) is 10.7. The monoisotopic (exact) mass is 639 g/mol. The van der Waals surface area contributed by atoms with Crippen LogP contribution in [0.4, 0.5) is 4.39 Å². The summed E-state index contributed by atoms with van der Waals surface area (Å²) in [5.74, 6) is -1.37. The van der Waals surface area contributed by atoms with Gasteiger partial charge in [-0.3, -0.25) is 0 Å². The van der Waals surface area contributed by atoms with Gasteiger partial charge in [-0.15, -0.1) is 0 Å². The Bertz CT molecular complexity index is 1920. The molecule has 0 N–H and O–H groups in total. The Balaban J connectivity index is 1.73. The molecule has 0 amide bonds. The number of methoxy groups -OCH3 is 1. The minimum atomic E-state index is -3.95. The molecule has 0 atom stereocenters. The van der Waals surface area contributed by atoms with Gasteiger partial charge in [-0.1, -0.05) is 55.5 Å². The largest absolute Gasteiger partial charge is 0.465 e. The van der Waals surface area contributed by atoms with Crippen LogP contribution in [0.25, 0.3) is 33.5 Å². The van der Waals surface area contributed by atoms with E-state index in [2.05, 4.69) is 24.6 Å². The van der Waals surface area contributed by atoms with Crippen LogP contribution in [-0.2, 0) is 26.2 Å². The van der Waals surface area contributed by atoms with Gasteiger partial charge < -0.3 is 14.0 Å². The quantitative estimate of drug-likeness (QED) is 0.0904. The average Bonchev–Trinajstić information content (AvgIpc) is 3.59. The zero-order valence-corrected chi connectivity index (χ0v) is 26.7. The topological polar surface area (TPSA) is 92.4 Å². The number of halogens is 2. The highest BCUT2D eigenvalue weighted by Gasteiger charge is 2.28. The van der Waals surface area contributed by atoms with Crippen LogP contribution in [0.15, 0.2) is 84.0 Å². The van der Waals surface area contributed by atoms with Crippen molar-refractivity contribution in [2.75, 3.05) is 13.7 Å². The fraction of sp³-hybridized carbons (Fsp3) is 0.226. The van der Waals surface area contributed by atoms with E-state index >= 15 is 4.39 Å². The molecule has 5 rings (SSSR count). The lowest BCUT2D eigenvalue weighted by Gasteiger charge is -2.19. The van der Waals surface area contributed by atoms with E-state index in [9.17, 15) is 13.2 Å². The second-order valence-corrected chi connectivity index (χ2v) is 19.0. The summed E-state index contributed by atoms with van der Waals surface area (Å²) in [4.78, 5) is 17.6. The van der Waals surface area contributed by atoms with Crippen molar-refractivity contribution in [3.63, 3.8) is 0 Å². The SMILES string of the molecule is COC(=O)c1cc(-c2ccnc3c2ccn3S(=O)(=O)c2ccccc2)n(COCC[Si](C)(C)C)c1-c1cccc(Cl)c1F. The second kappa shape index (κ2) is 12.1. The molecule has 0 spiro atoms. The molecule has 12 heteroatoms. The molecule has 0 radical (unpaired) electrons. The van der Waals surface area contributed by atoms with Crippen LogP contribution in [0.5, 0.6) is 0 Å². The molecule has 0 saturated carbocycles. The van der Waals surface area contributed by atoms with Gasteiger partial charge >= 0.3 is 5.97 Å².